The van der Waals surface area contributed by atoms with Gasteiger partial charge in [0, 0.05) is 17.5 Å². The molecule has 1 N–H and O–H groups in total. The number of fused-ring (bicyclic) bond motifs is 1. The molecule has 0 spiro atoms. The number of rotatable bonds is 3. The maximum Gasteiger partial charge on any atom is 0.227 e. The van der Waals surface area contributed by atoms with E-state index < -0.39 is 0 Å². The average Bonchev–Trinajstić information content (AvgIpc) is 3.29. The minimum atomic E-state index is 0.166. The molecule has 2 aliphatic carbocycles. The van der Waals surface area contributed by atoms with Gasteiger partial charge in [-0.25, -0.2) is 4.98 Å². The van der Waals surface area contributed by atoms with Crippen LogP contribution >= 0.6 is 11.3 Å². The summed E-state index contributed by atoms with van der Waals surface area (Å²) in [6.07, 6.45) is 3.59. The summed E-state index contributed by atoms with van der Waals surface area (Å²) >= 11 is 1.77. The lowest BCUT2D eigenvalue weighted by Crippen LogP contribution is -2.14. The van der Waals surface area contributed by atoms with E-state index in [2.05, 4.69) is 23.3 Å². The molecule has 98 valence electrons. The molecule has 2 atom stereocenters. The van der Waals surface area contributed by atoms with Gasteiger partial charge in [0.25, 0.3) is 0 Å². The highest BCUT2D eigenvalue weighted by Gasteiger charge is 2.39. The summed E-state index contributed by atoms with van der Waals surface area (Å²) < 4.78 is 1.18. The lowest BCUT2D eigenvalue weighted by molar-refractivity contribution is -0.117. The van der Waals surface area contributed by atoms with Crippen LogP contribution in [0, 0.1) is 11.8 Å². The fourth-order valence-corrected chi connectivity index (χ4v) is 3.62. The highest BCUT2D eigenvalue weighted by Crippen LogP contribution is 2.43. The van der Waals surface area contributed by atoms with Gasteiger partial charge in [-0.1, -0.05) is 6.92 Å². The summed E-state index contributed by atoms with van der Waals surface area (Å²) in [5, 5.41) is 4.28. The molecule has 19 heavy (non-hydrogen) atoms. The zero-order chi connectivity index (χ0) is 13.0. The number of hydrogen-bond donors (Lipinski definition) is 1. The molecule has 2 fully saturated rings. The first-order chi connectivity index (χ1) is 9.20. The first-order valence-corrected chi connectivity index (χ1v) is 7.74. The molecule has 0 unspecified atom stereocenters. The van der Waals surface area contributed by atoms with Gasteiger partial charge in [-0.2, -0.15) is 0 Å². The summed E-state index contributed by atoms with van der Waals surface area (Å²) in [5.41, 5.74) is 1.97. The average molecular weight is 272 g/mol. The predicted molar refractivity (Wildman–Crippen MR) is 77.5 cm³/mol. The van der Waals surface area contributed by atoms with E-state index in [1.54, 1.807) is 11.3 Å². The van der Waals surface area contributed by atoms with Crippen molar-refractivity contribution in [1.29, 1.82) is 0 Å². The second-order valence-corrected chi connectivity index (χ2v) is 6.88. The van der Waals surface area contributed by atoms with E-state index in [4.69, 9.17) is 0 Å². The number of carbonyl (C=O) groups excluding carboxylic acids is 1. The maximum absolute atomic E-state index is 11.9. The number of hydrogen-bond acceptors (Lipinski definition) is 3. The van der Waals surface area contributed by atoms with Gasteiger partial charge in [0.05, 0.1) is 15.2 Å². The van der Waals surface area contributed by atoms with Crippen LogP contribution in [0.2, 0.25) is 0 Å². The van der Waals surface area contributed by atoms with Crippen molar-refractivity contribution < 1.29 is 4.79 Å². The summed E-state index contributed by atoms with van der Waals surface area (Å²) in [4.78, 5) is 16.6. The molecule has 0 aliphatic heterocycles. The van der Waals surface area contributed by atoms with Crippen molar-refractivity contribution in [1.82, 2.24) is 4.98 Å². The van der Waals surface area contributed by atoms with Crippen molar-refractivity contribution in [2.24, 2.45) is 11.8 Å². The number of aromatic nitrogens is 1. The fraction of sp³-hybridized carbons (Fsp3) is 0.467. The first kappa shape index (κ1) is 11.4. The molecule has 2 saturated carbocycles. The van der Waals surface area contributed by atoms with Crippen molar-refractivity contribution in [3.05, 3.63) is 23.2 Å². The summed E-state index contributed by atoms with van der Waals surface area (Å²) in [6.45, 7) is 2.12. The van der Waals surface area contributed by atoms with Gasteiger partial charge in [0.2, 0.25) is 5.91 Å². The molecular formula is C15H16N2OS. The Morgan fingerprint density at radius 1 is 1.42 bits per heavy atom. The largest absolute Gasteiger partial charge is 0.326 e. The van der Waals surface area contributed by atoms with Crippen LogP contribution < -0.4 is 5.32 Å². The van der Waals surface area contributed by atoms with Gasteiger partial charge < -0.3 is 5.32 Å². The molecular weight excluding hydrogens is 256 g/mol. The third-order valence-electron chi connectivity index (χ3n) is 4.05. The van der Waals surface area contributed by atoms with Crippen molar-refractivity contribution in [3.8, 4) is 0 Å². The molecule has 1 aromatic carbocycles. The lowest BCUT2D eigenvalue weighted by Gasteiger charge is -2.03. The van der Waals surface area contributed by atoms with Crippen molar-refractivity contribution >= 4 is 33.1 Å². The highest BCUT2D eigenvalue weighted by atomic mass is 32.1. The van der Waals surface area contributed by atoms with Gasteiger partial charge >= 0.3 is 0 Å². The standard InChI is InChI=1S/C15H16N2OS/c1-8-6-11(8)14(18)16-10-4-5-12-13(7-10)19-15(17-12)9-2-3-9/h4-5,7-9,11H,2-3,6H2,1H3,(H,16,18)/t8-,11+/m1/s1. The molecule has 1 amide bonds. The minimum absolute atomic E-state index is 0.166. The van der Waals surface area contributed by atoms with Crippen LogP contribution in [0.4, 0.5) is 5.69 Å². The number of benzene rings is 1. The van der Waals surface area contributed by atoms with E-state index >= 15 is 0 Å². The van der Waals surface area contributed by atoms with Crippen LogP contribution in [0.1, 0.15) is 37.1 Å². The Morgan fingerprint density at radius 2 is 2.21 bits per heavy atom. The molecule has 4 heteroatoms. The van der Waals surface area contributed by atoms with Crippen LogP contribution in [0.5, 0.6) is 0 Å². The highest BCUT2D eigenvalue weighted by molar-refractivity contribution is 7.18. The van der Waals surface area contributed by atoms with E-state index in [1.807, 2.05) is 12.1 Å². The van der Waals surface area contributed by atoms with Gasteiger partial charge in [0.15, 0.2) is 0 Å². The Labute approximate surface area is 116 Å². The zero-order valence-corrected chi connectivity index (χ0v) is 11.7. The second-order valence-electron chi connectivity index (χ2n) is 5.82. The minimum Gasteiger partial charge on any atom is -0.326 e. The molecule has 3 nitrogen and oxygen atoms in total. The first-order valence-electron chi connectivity index (χ1n) is 6.92. The summed E-state index contributed by atoms with van der Waals surface area (Å²) in [6, 6.07) is 6.04. The summed E-state index contributed by atoms with van der Waals surface area (Å²) in [5.74, 6) is 1.63. The SMILES string of the molecule is C[C@@H]1C[C@@H]1C(=O)Nc1ccc2nc(C3CC3)sc2c1. The van der Waals surface area contributed by atoms with E-state index in [9.17, 15) is 4.79 Å². The van der Waals surface area contributed by atoms with Crippen LogP contribution in [0.15, 0.2) is 18.2 Å². The number of nitrogens with one attached hydrogen (secondary N) is 1. The Balaban J connectivity index is 1.58. The molecule has 0 radical (unpaired) electrons. The number of nitrogens with zero attached hydrogens (tertiary/aromatic N) is 1. The van der Waals surface area contributed by atoms with Crippen LogP contribution in [-0.2, 0) is 4.79 Å². The van der Waals surface area contributed by atoms with E-state index in [1.165, 1.54) is 22.5 Å². The molecule has 4 rings (SSSR count). The van der Waals surface area contributed by atoms with Crippen LogP contribution in [-0.4, -0.2) is 10.9 Å². The number of amides is 1. The zero-order valence-electron chi connectivity index (χ0n) is 10.8. The predicted octanol–water partition coefficient (Wildman–Crippen LogP) is 3.77. The Kier molecular flexibility index (Phi) is 2.42. The van der Waals surface area contributed by atoms with E-state index in [-0.39, 0.29) is 11.8 Å². The fourth-order valence-electron chi connectivity index (χ4n) is 2.45. The van der Waals surface area contributed by atoms with Gasteiger partial charge in [-0.3, -0.25) is 4.79 Å². The number of thiazole rings is 1. The molecule has 2 aromatic rings. The van der Waals surface area contributed by atoms with Crippen molar-refractivity contribution in [2.45, 2.75) is 32.1 Å². The molecule has 1 aromatic heterocycles. The van der Waals surface area contributed by atoms with Gasteiger partial charge in [-0.05, 0) is 43.4 Å². The van der Waals surface area contributed by atoms with E-state index in [0.717, 1.165) is 17.6 Å². The molecule has 0 saturated heterocycles. The monoisotopic (exact) mass is 272 g/mol. The molecule has 0 bridgehead atoms. The second kappa shape index (κ2) is 4.04. The van der Waals surface area contributed by atoms with Gasteiger partial charge in [0.1, 0.15) is 0 Å². The topological polar surface area (TPSA) is 42.0 Å². The molecule has 1 heterocycles. The Hall–Kier alpha value is -1.42. The van der Waals surface area contributed by atoms with Crippen molar-refractivity contribution in [3.63, 3.8) is 0 Å². The third kappa shape index (κ3) is 2.14. The maximum atomic E-state index is 11.9. The van der Waals surface area contributed by atoms with Gasteiger partial charge in [-0.15, -0.1) is 11.3 Å². The number of carbonyl (C=O) groups is 1. The molecule has 2 aliphatic rings. The smallest absolute Gasteiger partial charge is 0.227 e. The lowest BCUT2D eigenvalue weighted by atomic mass is 10.2. The summed E-state index contributed by atoms with van der Waals surface area (Å²) in [7, 11) is 0. The van der Waals surface area contributed by atoms with Crippen LogP contribution in [0.25, 0.3) is 10.2 Å². The van der Waals surface area contributed by atoms with Crippen LogP contribution in [0.3, 0.4) is 0 Å². The Bertz CT molecular complexity index is 659. The normalized spacial score (nSPS) is 25.5. The third-order valence-corrected chi connectivity index (χ3v) is 5.23. The number of anilines is 1. The van der Waals surface area contributed by atoms with Crippen molar-refractivity contribution in [2.75, 3.05) is 5.32 Å². The quantitative estimate of drug-likeness (QED) is 0.924. The Morgan fingerprint density at radius 3 is 2.89 bits per heavy atom. The van der Waals surface area contributed by atoms with E-state index in [0.29, 0.717) is 11.8 Å².